The van der Waals surface area contributed by atoms with Gasteiger partial charge in [-0.05, 0) is 43.5 Å². The van der Waals surface area contributed by atoms with Crippen LogP contribution in [0.1, 0.15) is 38.1 Å². The third-order valence-electron chi connectivity index (χ3n) is 3.75. The molecular formula is C14H17ClN2O. The van der Waals surface area contributed by atoms with Crippen LogP contribution in [-0.4, -0.2) is 11.5 Å². The third-order valence-corrected chi connectivity index (χ3v) is 3.99. The van der Waals surface area contributed by atoms with E-state index >= 15 is 0 Å². The van der Waals surface area contributed by atoms with Crippen LogP contribution in [-0.2, 0) is 0 Å². The van der Waals surface area contributed by atoms with E-state index in [4.69, 9.17) is 16.0 Å². The van der Waals surface area contributed by atoms with Gasteiger partial charge in [0, 0.05) is 5.02 Å². The van der Waals surface area contributed by atoms with Crippen LogP contribution in [0.3, 0.4) is 0 Å². The summed E-state index contributed by atoms with van der Waals surface area (Å²) >= 11 is 5.96. The van der Waals surface area contributed by atoms with Crippen molar-refractivity contribution in [3.8, 4) is 0 Å². The third kappa shape index (κ3) is 2.25. The minimum atomic E-state index is 0.245. The van der Waals surface area contributed by atoms with Gasteiger partial charge in [0.15, 0.2) is 5.58 Å². The van der Waals surface area contributed by atoms with E-state index in [1.54, 1.807) is 0 Å². The van der Waals surface area contributed by atoms with E-state index in [1.807, 2.05) is 18.2 Å². The number of oxazole rings is 1. The summed E-state index contributed by atoms with van der Waals surface area (Å²) in [6.07, 6.45) is 3.58. The minimum absolute atomic E-state index is 0.245. The summed E-state index contributed by atoms with van der Waals surface area (Å²) in [6.45, 7) is 3.29. The summed E-state index contributed by atoms with van der Waals surface area (Å²) in [5.41, 5.74) is 1.66. The Hall–Kier alpha value is -1.06. The first kappa shape index (κ1) is 12.0. The smallest absolute Gasteiger partial charge is 0.212 e. The van der Waals surface area contributed by atoms with Gasteiger partial charge in [-0.2, -0.15) is 0 Å². The maximum Gasteiger partial charge on any atom is 0.212 e. The second kappa shape index (κ2) is 4.90. The average molecular weight is 265 g/mol. The Labute approximate surface area is 112 Å². The zero-order chi connectivity index (χ0) is 12.5. The predicted molar refractivity (Wildman–Crippen MR) is 72.8 cm³/mol. The summed E-state index contributed by atoms with van der Waals surface area (Å²) < 4.78 is 5.82. The predicted octanol–water partition coefficient (Wildman–Crippen LogP) is 3.93. The first-order chi connectivity index (χ1) is 8.76. The van der Waals surface area contributed by atoms with Gasteiger partial charge in [0.2, 0.25) is 5.89 Å². The van der Waals surface area contributed by atoms with E-state index in [2.05, 4.69) is 17.2 Å². The number of nitrogens with one attached hydrogen (secondary N) is 1. The second-order valence-electron chi connectivity index (χ2n) is 4.97. The van der Waals surface area contributed by atoms with Gasteiger partial charge in [-0.25, -0.2) is 4.98 Å². The summed E-state index contributed by atoms with van der Waals surface area (Å²) in [5, 5.41) is 4.19. The molecular weight excluding hydrogens is 248 g/mol. The Bertz CT molecular complexity index is 552. The number of hydrogen-bond acceptors (Lipinski definition) is 3. The Morgan fingerprint density at radius 1 is 1.50 bits per heavy atom. The maximum absolute atomic E-state index is 5.96. The van der Waals surface area contributed by atoms with Gasteiger partial charge in [-0.1, -0.05) is 24.9 Å². The van der Waals surface area contributed by atoms with E-state index in [0.29, 0.717) is 5.02 Å². The zero-order valence-corrected chi connectivity index (χ0v) is 11.2. The normalized spacial score (nSPS) is 24.6. The molecule has 2 aromatic rings. The molecule has 2 atom stereocenters. The molecule has 4 heteroatoms. The Morgan fingerprint density at radius 3 is 3.22 bits per heavy atom. The van der Waals surface area contributed by atoms with E-state index in [9.17, 15) is 0 Å². The second-order valence-corrected chi connectivity index (χ2v) is 5.41. The topological polar surface area (TPSA) is 38.1 Å². The Kier molecular flexibility index (Phi) is 3.27. The molecule has 1 fully saturated rings. The van der Waals surface area contributed by atoms with Crippen molar-refractivity contribution in [3.63, 3.8) is 0 Å². The van der Waals surface area contributed by atoms with Gasteiger partial charge >= 0.3 is 0 Å². The van der Waals surface area contributed by atoms with Crippen LogP contribution in [0.4, 0.5) is 0 Å². The number of aromatic nitrogens is 1. The highest BCUT2D eigenvalue weighted by Gasteiger charge is 2.25. The molecule has 1 aliphatic heterocycles. The van der Waals surface area contributed by atoms with E-state index in [1.165, 1.54) is 12.8 Å². The van der Waals surface area contributed by atoms with Crippen LogP contribution in [0.25, 0.3) is 11.1 Å². The molecule has 0 aliphatic carbocycles. The molecule has 1 aromatic heterocycles. The molecule has 2 heterocycles. The Balaban J connectivity index is 1.89. The molecule has 1 N–H and O–H groups in total. The average Bonchev–Trinajstić information content (AvgIpc) is 2.81. The van der Waals surface area contributed by atoms with Gasteiger partial charge in [-0.15, -0.1) is 0 Å². The zero-order valence-electron chi connectivity index (χ0n) is 10.4. The minimum Gasteiger partial charge on any atom is -0.439 e. The highest BCUT2D eigenvalue weighted by atomic mass is 35.5. The molecule has 3 nitrogen and oxygen atoms in total. The highest BCUT2D eigenvalue weighted by Crippen LogP contribution is 2.30. The van der Waals surface area contributed by atoms with E-state index in [-0.39, 0.29) is 6.04 Å². The summed E-state index contributed by atoms with van der Waals surface area (Å²) in [5.74, 6) is 1.57. The van der Waals surface area contributed by atoms with Crippen molar-refractivity contribution in [2.75, 3.05) is 6.54 Å². The van der Waals surface area contributed by atoms with Crippen LogP contribution in [0.5, 0.6) is 0 Å². The summed E-state index contributed by atoms with van der Waals surface area (Å²) in [6, 6.07) is 5.82. The number of benzene rings is 1. The van der Waals surface area contributed by atoms with Crippen molar-refractivity contribution in [2.24, 2.45) is 5.92 Å². The fourth-order valence-corrected chi connectivity index (χ4v) is 2.79. The lowest BCUT2D eigenvalue weighted by molar-refractivity contribution is 0.268. The molecule has 3 rings (SSSR count). The van der Waals surface area contributed by atoms with Crippen molar-refractivity contribution in [2.45, 2.75) is 32.2 Å². The summed E-state index contributed by atoms with van der Waals surface area (Å²) in [4.78, 5) is 4.55. The fraction of sp³-hybridized carbons (Fsp3) is 0.500. The van der Waals surface area contributed by atoms with Crippen LogP contribution in [0.15, 0.2) is 22.6 Å². The molecule has 18 heavy (non-hydrogen) atoms. The van der Waals surface area contributed by atoms with Crippen molar-refractivity contribution < 1.29 is 4.42 Å². The maximum atomic E-state index is 5.96. The standard InChI is InChI=1S/C14H17ClN2O/c1-2-9-5-6-16-12(7-9)14-17-11-8-10(15)3-4-13(11)18-14/h3-4,8-9,12,16H,2,5-7H2,1H3. The van der Waals surface area contributed by atoms with Crippen LogP contribution in [0, 0.1) is 5.92 Å². The fourth-order valence-electron chi connectivity index (χ4n) is 2.62. The van der Waals surface area contributed by atoms with Crippen LogP contribution >= 0.6 is 11.6 Å². The number of rotatable bonds is 2. The summed E-state index contributed by atoms with van der Waals surface area (Å²) in [7, 11) is 0. The molecule has 0 saturated carbocycles. The molecule has 96 valence electrons. The monoisotopic (exact) mass is 264 g/mol. The van der Waals surface area contributed by atoms with Crippen molar-refractivity contribution in [1.29, 1.82) is 0 Å². The number of hydrogen-bond donors (Lipinski definition) is 1. The van der Waals surface area contributed by atoms with Crippen molar-refractivity contribution in [1.82, 2.24) is 10.3 Å². The molecule has 0 amide bonds. The molecule has 0 radical (unpaired) electrons. The quantitative estimate of drug-likeness (QED) is 0.893. The van der Waals surface area contributed by atoms with Crippen molar-refractivity contribution in [3.05, 3.63) is 29.1 Å². The van der Waals surface area contributed by atoms with Crippen molar-refractivity contribution >= 4 is 22.7 Å². The molecule has 1 saturated heterocycles. The number of nitrogens with zero attached hydrogens (tertiary/aromatic N) is 1. The number of halogens is 1. The largest absolute Gasteiger partial charge is 0.439 e. The molecule has 1 aromatic carbocycles. The first-order valence-corrected chi connectivity index (χ1v) is 6.93. The Morgan fingerprint density at radius 2 is 2.39 bits per heavy atom. The lowest BCUT2D eigenvalue weighted by atomic mass is 9.90. The molecule has 0 bridgehead atoms. The SMILES string of the molecule is CCC1CCNC(c2nc3cc(Cl)ccc3o2)C1. The first-order valence-electron chi connectivity index (χ1n) is 6.55. The lowest BCUT2D eigenvalue weighted by Gasteiger charge is -2.27. The van der Waals surface area contributed by atoms with E-state index < -0.39 is 0 Å². The van der Waals surface area contributed by atoms with Gasteiger partial charge < -0.3 is 9.73 Å². The van der Waals surface area contributed by atoms with Gasteiger partial charge in [0.05, 0.1) is 6.04 Å². The van der Waals surface area contributed by atoms with Gasteiger partial charge in [-0.3, -0.25) is 0 Å². The van der Waals surface area contributed by atoms with Crippen LogP contribution < -0.4 is 5.32 Å². The van der Waals surface area contributed by atoms with E-state index in [0.717, 1.165) is 35.9 Å². The van der Waals surface area contributed by atoms with Crippen LogP contribution in [0.2, 0.25) is 5.02 Å². The number of piperidine rings is 1. The molecule has 1 aliphatic rings. The molecule has 2 unspecified atom stereocenters. The molecule has 0 spiro atoms. The highest BCUT2D eigenvalue weighted by molar-refractivity contribution is 6.31. The number of fused-ring (bicyclic) bond motifs is 1. The van der Waals surface area contributed by atoms with Gasteiger partial charge in [0.1, 0.15) is 5.52 Å². The van der Waals surface area contributed by atoms with Gasteiger partial charge in [0.25, 0.3) is 0 Å². The lowest BCUT2D eigenvalue weighted by Crippen LogP contribution is -2.31.